The third-order valence-electron chi connectivity index (χ3n) is 2.43. The predicted molar refractivity (Wildman–Crippen MR) is 69.9 cm³/mol. The lowest BCUT2D eigenvalue weighted by molar-refractivity contribution is 0.0889. The molecule has 1 aromatic carbocycles. The van der Waals surface area contributed by atoms with Gasteiger partial charge >= 0.3 is 0 Å². The van der Waals surface area contributed by atoms with E-state index in [1.807, 2.05) is 19.0 Å². The molecule has 0 spiro atoms. The standard InChI is InChI=1S/C13H20N2O3/c1-15(2)9-10(16)8-14-13(17)11-6-4-5-7-12(11)18-3/h4-7,10,16H,8-9H2,1-3H3,(H,14,17). The van der Waals surface area contributed by atoms with Gasteiger partial charge in [-0.15, -0.1) is 0 Å². The molecule has 1 unspecified atom stereocenters. The van der Waals surface area contributed by atoms with E-state index in [1.165, 1.54) is 7.11 Å². The first kappa shape index (κ1) is 14.5. The van der Waals surface area contributed by atoms with E-state index in [9.17, 15) is 9.90 Å². The summed E-state index contributed by atoms with van der Waals surface area (Å²) in [4.78, 5) is 13.8. The molecule has 2 N–H and O–H groups in total. The molecular formula is C13H20N2O3. The zero-order chi connectivity index (χ0) is 13.5. The minimum Gasteiger partial charge on any atom is -0.496 e. The van der Waals surface area contributed by atoms with E-state index >= 15 is 0 Å². The van der Waals surface area contributed by atoms with Crippen molar-refractivity contribution < 1.29 is 14.6 Å². The average molecular weight is 252 g/mol. The Morgan fingerprint density at radius 3 is 2.72 bits per heavy atom. The largest absolute Gasteiger partial charge is 0.496 e. The number of ether oxygens (including phenoxy) is 1. The van der Waals surface area contributed by atoms with Gasteiger partial charge in [0.05, 0.1) is 18.8 Å². The Kier molecular flexibility index (Phi) is 5.61. The van der Waals surface area contributed by atoms with Gasteiger partial charge in [-0.3, -0.25) is 4.79 Å². The number of aliphatic hydroxyl groups excluding tert-OH is 1. The molecule has 0 bridgehead atoms. The fourth-order valence-electron chi connectivity index (χ4n) is 1.62. The van der Waals surface area contributed by atoms with Gasteiger partial charge in [-0.25, -0.2) is 0 Å². The van der Waals surface area contributed by atoms with E-state index in [1.54, 1.807) is 24.3 Å². The van der Waals surface area contributed by atoms with Crippen molar-refractivity contribution in [2.24, 2.45) is 0 Å². The maximum atomic E-state index is 11.9. The van der Waals surface area contributed by atoms with Crippen LogP contribution < -0.4 is 10.1 Å². The van der Waals surface area contributed by atoms with Crippen molar-refractivity contribution in [3.05, 3.63) is 29.8 Å². The molecule has 18 heavy (non-hydrogen) atoms. The Labute approximate surface area is 107 Å². The third kappa shape index (κ3) is 4.35. The molecule has 0 radical (unpaired) electrons. The number of likely N-dealkylation sites (N-methyl/N-ethyl adjacent to an activating group) is 1. The molecule has 0 saturated heterocycles. The molecule has 0 aliphatic carbocycles. The monoisotopic (exact) mass is 252 g/mol. The van der Waals surface area contributed by atoms with Crippen LogP contribution in [0.1, 0.15) is 10.4 Å². The summed E-state index contributed by atoms with van der Waals surface area (Å²) in [6.07, 6.45) is -0.585. The number of hydrogen-bond acceptors (Lipinski definition) is 4. The van der Waals surface area contributed by atoms with E-state index in [4.69, 9.17) is 4.74 Å². The minimum absolute atomic E-state index is 0.217. The van der Waals surface area contributed by atoms with E-state index < -0.39 is 6.10 Å². The van der Waals surface area contributed by atoms with Crippen LogP contribution in [0.4, 0.5) is 0 Å². The second-order valence-electron chi connectivity index (χ2n) is 4.33. The van der Waals surface area contributed by atoms with Crippen molar-refractivity contribution in [2.45, 2.75) is 6.10 Å². The van der Waals surface area contributed by atoms with Gasteiger partial charge in [0.25, 0.3) is 5.91 Å². The lowest BCUT2D eigenvalue weighted by atomic mass is 10.2. The topological polar surface area (TPSA) is 61.8 Å². The van der Waals surface area contributed by atoms with Crippen LogP contribution in [0.25, 0.3) is 0 Å². The average Bonchev–Trinajstić information content (AvgIpc) is 2.35. The lowest BCUT2D eigenvalue weighted by Gasteiger charge is -2.16. The molecule has 0 aliphatic heterocycles. The Balaban J connectivity index is 2.55. The Morgan fingerprint density at radius 2 is 2.11 bits per heavy atom. The number of para-hydroxylation sites is 1. The minimum atomic E-state index is -0.585. The number of methoxy groups -OCH3 is 1. The van der Waals surface area contributed by atoms with Crippen LogP contribution in [0.2, 0.25) is 0 Å². The van der Waals surface area contributed by atoms with Gasteiger partial charge in [0.2, 0.25) is 0 Å². The van der Waals surface area contributed by atoms with Crippen molar-refractivity contribution in [3.63, 3.8) is 0 Å². The molecule has 0 heterocycles. The van der Waals surface area contributed by atoms with Gasteiger partial charge in [-0.1, -0.05) is 12.1 Å². The molecule has 100 valence electrons. The summed E-state index contributed by atoms with van der Waals surface area (Å²) in [7, 11) is 5.25. The molecule has 1 atom stereocenters. The Hall–Kier alpha value is -1.59. The van der Waals surface area contributed by atoms with Crippen LogP contribution in [0.5, 0.6) is 5.75 Å². The van der Waals surface area contributed by atoms with Crippen molar-refractivity contribution in [1.82, 2.24) is 10.2 Å². The molecule has 0 fully saturated rings. The van der Waals surface area contributed by atoms with Crippen molar-refractivity contribution in [1.29, 1.82) is 0 Å². The fourth-order valence-corrected chi connectivity index (χ4v) is 1.62. The zero-order valence-electron chi connectivity index (χ0n) is 11.0. The van der Waals surface area contributed by atoms with Crippen molar-refractivity contribution in [3.8, 4) is 5.75 Å². The van der Waals surface area contributed by atoms with Crippen LogP contribution in [-0.4, -0.2) is 56.3 Å². The second kappa shape index (κ2) is 6.98. The molecule has 5 heteroatoms. The molecule has 0 aromatic heterocycles. The maximum absolute atomic E-state index is 11.9. The van der Waals surface area contributed by atoms with E-state index in [0.717, 1.165) is 0 Å². The van der Waals surface area contributed by atoms with Crippen LogP contribution in [0.3, 0.4) is 0 Å². The van der Waals surface area contributed by atoms with Gasteiger partial charge in [-0.05, 0) is 26.2 Å². The number of nitrogens with zero attached hydrogens (tertiary/aromatic N) is 1. The van der Waals surface area contributed by atoms with E-state index in [-0.39, 0.29) is 12.5 Å². The summed E-state index contributed by atoms with van der Waals surface area (Å²) in [5.74, 6) is 0.280. The van der Waals surface area contributed by atoms with E-state index in [0.29, 0.717) is 17.9 Å². The van der Waals surface area contributed by atoms with Crippen LogP contribution in [0.15, 0.2) is 24.3 Å². The summed E-state index contributed by atoms with van der Waals surface area (Å²) in [6.45, 7) is 0.723. The summed E-state index contributed by atoms with van der Waals surface area (Å²) >= 11 is 0. The number of carbonyl (C=O) groups is 1. The summed E-state index contributed by atoms with van der Waals surface area (Å²) in [5.41, 5.74) is 0.469. The molecule has 1 rings (SSSR count). The van der Waals surface area contributed by atoms with Gasteiger partial charge in [0.15, 0.2) is 0 Å². The number of hydrogen-bond donors (Lipinski definition) is 2. The van der Waals surface area contributed by atoms with Gasteiger partial charge < -0.3 is 20.1 Å². The van der Waals surface area contributed by atoms with Gasteiger partial charge in [-0.2, -0.15) is 0 Å². The first-order valence-electron chi connectivity index (χ1n) is 5.78. The summed E-state index contributed by atoms with van der Waals surface area (Å²) < 4.78 is 5.11. The van der Waals surface area contributed by atoms with Crippen LogP contribution >= 0.6 is 0 Å². The molecule has 5 nitrogen and oxygen atoms in total. The first-order chi connectivity index (χ1) is 8.54. The number of nitrogens with one attached hydrogen (secondary N) is 1. The number of benzene rings is 1. The smallest absolute Gasteiger partial charge is 0.255 e. The first-order valence-corrected chi connectivity index (χ1v) is 5.78. The zero-order valence-corrected chi connectivity index (χ0v) is 11.0. The predicted octanol–water partition coefficient (Wildman–Crippen LogP) is 0.347. The highest BCUT2D eigenvalue weighted by atomic mass is 16.5. The van der Waals surface area contributed by atoms with Gasteiger partial charge in [0, 0.05) is 13.1 Å². The highest BCUT2D eigenvalue weighted by Crippen LogP contribution is 2.16. The van der Waals surface area contributed by atoms with E-state index in [2.05, 4.69) is 5.32 Å². The molecule has 0 saturated carbocycles. The van der Waals surface area contributed by atoms with Crippen LogP contribution in [-0.2, 0) is 0 Å². The fraction of sp³-hybridized carbons (Fsp3) is 0.462. The molecule has 0 aliphatic rings. The summed E-state index contributed by atoms with van der Waals surface area (Å²) in [6, 6.07) is 6.99. The van der Waals surface area contributed by atoms with Crippen molar-refractivity contribution >= 4 is 5.91 Å². The van der Waals surface area contributed by atoms with Crippen LogP contribution in [0, 0.1) is 0 Å². The highest BCUT2D eigenvalue weighted by Gasteiger charge is 2.13. The SMILES string of the molecule is COc1ccccc1C(=O)NCC(O)CN(C)C. The number of amides is 1. The molecule has 1 amide bonds. The number of aliphatic hydroxyl groups is 1. The number of rotatable bonds is 6. The normalized spacial score (nSPS) is 12.3. The third-order valence-corrected chi connectivity index (χ3v) is 2.43. The Morgan fingerprint density at radius 1 is 1.44 bits per heavy atom. The Bertz CT molecular complexity index is 394. The maximum Gasteiger partial charge on any atom is 0.255 e. The highest BCUT2D eigenvalue weighted by molar-refractivity contribution is 5.96. The quantitative estimate of drug-likeness (QED) is 0.767. The molecular weight excluding hydrogens is 232 g/mol. The summed E-state index contributed by atoms with van der Waals surface area (Å²) in [5, 5.41) is 12.3. The lowest BCUT2D eigenvalue weighted by Crippen LogP contribution is -2.37. The van der Waals surface area contributed by atoms with Gasteiger partial charge in [0.1, 0.15) is 5.75 Å². The molecule has 1 aromatic rings. The number of carbonyl (C=O) groups excluding carboxylic acids is 1. The van der Waals surface area contributed by atoms with Crippen molar-refractivity contribution in [2.75, 3.05) is 34.3 Å². The second-order valence-corrected chi connectivity index (χ2v) is 4.33.